The Hall–Kier alpha value is -3.06. The number of piperazine rings is 1. The van der Waals surface area contributed by atoms with E-state index in [1.54, 1.807) is 41.3 Å². The van der Waals surface area contributed by atoms with Crippen LogP contribution in [0.2, 0.25) is 0 Å². The molecule has 7 heteroatoms. The number of carbonyl (C=O) groups is 2. The summed E-state index contributed by atoms with van der Waals surface area (Å²) in [5.41, 5.74) is 2.40. The molecule has 160 valence electrons. The minimum atomic E-state index is -0.0593. The van der Waals surface area contributed by atoms with Gasteiger partial charge >= 0.3 is 0 Å². The molecule has 2 amide bonds. The van der Waals surface area contributed by atoms with E-state index in [1.165, 1.54) is 0 Å². The Labute approximate surface area is 177 Å². The topological polar surface area (TPSA) is 76.1 Å². The molecular weight excluding hydrogens is 380 g/mol. The summed E-state index contributed by atoms with van der Waals surface area (Å²) in [4.78, 5) is 30.9. The highest BCUT2D eigenvalue weighted by molar-refractivity contribution is 5.96. The highest BCUT2D eigenvalue weighted by atomic mass is 16.3. The average molecular weight is 411 g/mol. The first-order valence-corrected chi connectivity index (χ1v) is 10.5. The van der Waals surface area contributed by atoms with Crippen molar-refractivity contribution in [3.05, 3.63) is 54.1 Å². The van der Waals surface area contributed by atoms with Crippen LogP contribution in [0.3, 0.4) is 0 Å². The van der Waals surface area contributed by atoms with Crippen LogP contribution in [0.25, 0.3) is 0 Å². The Bertz CT molecular complexity index is 840. The molecule has 30 heavy (non-hydrogen) atoms. The van der Waals surface area contributed by atoms with Crippen molar-refractivity contribution in [2.75, 3.05) is 56.0 Å². The number of hydrogen-bond donors (Lipinski definition) is 2. The fourth-order valence-corrected chi connectivity index (χ4v) is 3.62. The molecule has 0 unspecified atom stereocenters. The second kappa shape index (κ2) is 10.1. The minimum absolute atomic E-state index is 0.00405. The van der Waals surface area contributed by atoms with Crippen molar-refractivity contribution in [1.29, 1.82) is 0 Å². The van der Waals surface area contributed by atoms with Gasteiger partial charge in [0.1, 0.15) is 5.75 Å². The Morgan fingerprint density at radius 3 is 2.10 bits per heavy atom. The molecule has 1 aliphatic heterocycles. The maximum Gasteiger partial charge on any atom is 0.253 e. The number of benzene rings is 2. The van der Waals surface area contributed by atoms with Crippen molar-refractivity contribution in [3.63, 3.8) is 0 Å². The molecule has 2 N–H and O–H groups in total. The van der Waals surface area contributed by atoms with Crippen LogP contribution in [-0.4, -0.2) is 72.5 Å². The van der Waals surface area contributed by atoms with E-state index in [4.69, 9.17) is 0 Å². The summed E-state index contributed by atoms with van der Waals surface area (Å²) in [7, 11) is 0. The SMILES string of the molecule is CCN(CC)C(=O)c1ccc(NC(=O)CN2CCN(c3ccc(O)cc3)CC2)cc1. The van der Waals surface area contributed by atoms with Gasteiger partial charge in [0.2, 0.25) is 5.91 Å². The molecule has 0 atom stereocenters. The minimum Gasteiger partial charge on any atom is -0.508 e. The molecule has 1 saturated heterocycles. The number of phenolic OH excluding ortho intramolecular Hbond substituents is 1. The largest absolute Gasteiger partial charge is 0.508 e. The first-order valence-electron chi connectivity index (χ1n) is 10.5. The summed E-state index contributed by atoms with van der Waals surface area (Å²) in [5.74, 6) is 0.208. The third kappa shape index (κ3) is 5.51. The van der Waals surface area contributed by atoms with Gasteiger partial charge < -0.3 is 20.2 Å². The van der Waals surface area contributed by atoms with Gasteiger partial charge in [0, 0.05) is 56.2 Å². The lowest BCUT2D eigenvalue weighted by Crippen LogP contribution is -2.48. The first-order chi connectivity index (χ1) is 14.5. The number of nitrogens with one attached hydrogen (secondary N) is 1. The van der Waals surface area contributed by atoms with Crippen LogP contribution in [0.4, 0.5) is 11.4 Å². The van der Waals surface area contributed by atoms with Crippen molar-refractivity contribution >= 4 is 23.2 Å². The van der Waals surface area contributed by atoms with Gasteiger partial charge in [0.05, 0.1) is 6.54 Å². The number of phenols is 1. The van der Waals surface area contributed by atoms with Gasteiger partial charge in [-0.1, -0.05) is 0 Å². The van der Waals surface area contributed by atoms with Gasteiger partial charge in [-0.15, -0.1) is 0 Å². The van der Waals surface area contributed by atoms with Crippen molar-refractivity contribution in [1.82, 2.24) is 9.80 Å². The van der Waals surface area contributed by atoms with Gasteiger partial charge in [-0.25, -0.2) is 0 Å². The molecule has 1 fully saturated rings. The van der Waals surface area contributed by atoms with Crippen LogP contribution in [0, 0.1) is 0 Å². The monoisotopic (exact) mass is 410 g/mol. The van der Waals surface area contributed by atoms with E-state index < -0.39 is 0 Å². The van der Waals surface area contributed by atoms with E-state index in [9.17, 15) is 14.7 Å². The number of aromatic hydroxyl groups is 1. The van der Waals surface area contributed by atoms with Crippen LogP contribution >= 0.6 is 0 Å². The summed E-state index contributed by atoms with van der Waals surface area (Å²) >= 11 is 0. The summed E-state index contributed by atoms with van der Waals surface area (Å²) in [6.07, 6.45) is 0. The summed E-state index contributed by atoms with van der Waals surface area (Å²) in [6.45, 7) is 8.86. The summed E-state index contributed by atoms with van der Waals surface area (Å²) < 4.78 is 0. The zero-order valence-corrected chi connectivity index (χ0v) is 17.7. The normalized spacial score (nSPS) is 14.4. The lowest BCUT2D eigenvalue weighted by molar-refractivity contribution is -0.117. The van der Waals surface area contributed by atoms with E-state index >= 15 is 0 Å². The molecule has 0 aromatic heterocycles. The standard InChI is InChI=1S/C23H30N4O3/c1-3-26(4-2)23(30)18-5-7-19(8-6-18)24-22(29)17-25-13-15-27(16-14-25)20-9-11-21(28)12-10-20/h5-12,28H,3-4,13-17H2,1-2H3,(H,24,29). The first kappa shape index (κ1) is 21.6. The number of nitrogens with zero attached hydrogens (tertiary/aromatic N) is 3. The number of hydrogen-bond acceptors (Lipinski definition) is 5. The molecule has 2 aromatic carbocycles. The molecule has 1 aliphatic rings. The highest BCUT2D eigenvalue weighted by Gasteiger charge is 2.19. The van der Waals surface area contributed by atoms with Crippen LogP contribution in [0.5, 0.6) is 5.75 Å². The second-order valence-corrected chi connectivity index (χ2v) is 7.38. The maximum absolute atomic E-state index is 12.4. The molecule has 2 aromatic rings. The molecule has 0 bridgehead atoms. The van der Waals surface area contributed by atoms with Crippen LogP contribution in [-0.2, 0) is 4.79 Å². The number of rotatable bonds is 7. The van der Waals surface area contributed by atoms with Gasteiger partial charge in [0.15, 0.2) is 0 Å². The van der Waals surface area contributed by atoms with Crippen LogP contribution < -0.4 is 10.2 Å². The van der Waals surface area contributed by atoms with Gasteiger partial charge in [-0.3, -0.25) is 14.5 Å². The third-order valence-electron chi connectivity index (χ3n) is 5.42. The molecule has 7 nitrogen and oxygen atoms in total. The quantitative estimate of drug-likeness (QED) is 0.734. The molecule has 1 heterocycles. The number of anilines is 2. The summed E-state index contributed by atoms with van der Waals surface area (Å²) in [6, 6.07) is 14.3. The smallest absolute Gasteiger partial charge is 0.253 e. The van der Waals surface area contributed by atoms with E-state index in [2.05, 4.69) is 15.1 Å². The van der Waals surface area contributed by atoms with E-state index in [1.807, 2.05) is 26.0 Å². The second-order valence-electron chi connectivity index (χ2n) is 7.38. The highest BCUT2D eigenvalue weighted by Crippen LogP contribution is 2.20. The maximum atomic E-state index is 12.4. The predicted molar refractivity (Wildman–Crippen MR) is 119 cm³/mol. The summed E-state index contributed by atoms with van der Waals surface area (Å²) in [5, 5.41) is 12.3. The van der Waals surface area contributed by atoms with Crippen molar-refractivity contribution in [2.24, 2.45) is 0 Å². The fraction of sp³-hybridized carbons (Fsp3) is 0.391. The Morgan fingerprint density at radius 1 is 0.933 bits per heavy atom. The van der Waals surface area contributed by atoms with E-state index in [-0.39, 0.29) is 17.6 Å². The third-order valence-corrected chi connectivity index (χ3v) is 5.42. The van der Waals surface area contributed by atoms with Crippen LogP contribution in [0.1, 0.15) is 24.2 Å². The van der Waals surface area contributed by atoms with E-state index in [0.29, 0.717) is 30.9 Å². The van der Waals surface area contributed by atoms with Crippen molar-refractivity contribution < 1.29 is 14.7 Å². The van der Waals surface area contributed by atoms with Crippen molar-refractivity contribution in [2.45, 2.75) is 13.8 Å². The predicted octanol–water partition coefficient (Wildman–Crippen LogP) is 2.63. The Kier molecular flexibility index (Phi) is 7.30. The van der Waals surface area contributed by atoms with Crippen molar-refractivity contribution in [3.8, 4) is 5.75 Å². The van der Waals surface area contributed by atoms with Gasteiger partial charge in [-0.2, -0.15) is 0 Å². The zero-order chi connectivity index (χ0) is 21.5. The fourth-order valence-electron chi connectivity index (χ4n) is 3.62. The Morgan fingerprint density at radius 2 is 1.53 bits per heavy atom. The number of carbonyl (C=O) groups excluding carboxylic acids is 2. The molecule has 0 aliphatic carbocycles. The Balaban J connectivity index is 1.47. The average Bonchev–Trinajstić information content (AvgIpc) is 2.76. The zero-order valence-electron chi connectivity index (χ0n) is 17.7. The molecule has 0 radical (unpaired) electrons. The van der Waals surface area contributed by atoms with Gasteiger partial charge in [-0.05, 0) is 62.4 Å². The molecule has 3 rings (SSSR count). The lowest BCUT2D eigenvalue weighted by atomic mass is 10.1. The number of amides is 2. The van der Waals surface area contributed by atoms with Gasteiger partial charge in [0.25, 0.3) is 5.91 Å². The van der Waals surface area contributed by atoms with E-state index in [0.717, 1.165) is 31.9 Å². The molecule has 0 spiro atoms. The lowest BCUT2D eigenvalue weighted by Gasteiger charge is -2.35. The van der Waals surface area contributed by atoms with Crippen LogP contribution in [0.15, 0.2) is 48.5 Å². The molecular formula is C23H30N4O3. The molecule has 0 saturated carbocycles.